The lowest BCUT2D eigenvalue weighted by atomic mass is 10.1. The molecule has 1 rings (SSSR count). The fourth-order valence-corrected chi connectivity index (χ4v) is 1.68. The number of halogens is 1. The van der Waals surface area contributed by atoms with Crippen LogP contribution in [0.2, 0.25) is 0 Å². The van der Waals surface area contributed by atoms with E-state index in [4.69, 9.17) is 5.11 Å². The van der Waals surface area contributed by atoms with Crippen LogP contribution in [0.5, 0.6) is 0 Å². The summed E-state index contributed by atoms with van der Waals surface area (Å²) >= 11 is 7.42. The van der Waals surface area contributed by atoms with Crippen LogP contribution in [0.4, 0.5) is 0 Å². The molecule has 0 aliphatic heterocycles. The Hall–Kier alpha value is -0.480. The smallest absolute Gasteiger partial charge is 0.307 e. The zero-order chi connectivity index (χ0) is 9.14. The monoisotopic (exact) mass is 246 g/mol. The Morgan fingerprint density at radius 3 is 2.75 bits per heavy atom. The highest BCUT2D eigenvalue weighted by Gasteiger charge is 2.03. The number of hydrogen-bond donors (Lipinski definition) is 2. The fraction of sp³-hybridized carbons (Fsp3) is 0.125. The maximum atomic E-state index is 10.4. The van der Waals surface area contributed by atoms with E-state index in [1.807, 2.05) is 0 Å². The van der Waals surface area contributed by atoms with E-state index in [1.165, 1.54) is 0 Å². The summed E-state index contributed by atoms with van der Waals surface area (Å²) in [6.45, 7) is 0. The van der Waals surface area contributed by atoms with Gasteiger partial charge in [0.25, 0.3) is 0 Å². The summed E-state index contributed by atoms with van der Waals surface area (Å²) in [5, 5.41) is 8.51. The Kier molecular flexibility index (Phi) is 3.17. The van der Waals surface area contributed by atoms with Crippen LogP contribution < -0.4 is 0 Å². The maximum absolute atomic E-state index is 10.4. The molecule has 0 bridgehead atoms. The largest absolute Gasteiger partial charge is 0.481 e. The first-order valence-electron chi connectivity index (χ1n) is 3.29. The van der Waals surface area contributed by atoms with Gasteiger partial charge in [0.2, 0.25) is 0 Å². The van der Waals surface area contributed by atoms with E-state index >= 15 is 0 Å². The number of aliphatic carboxylic acids is 1. The summed E-state index contributed by atoms with van der Waals surface area (Å²) in [6, 6.07) is 5.33. The highest BCUT2D eigenvalue weighted by atomic mass is 79.9. The van der Waals surface area contributed by atoms with E-state index in [9.17, 15) is 4.79 Å². The van der Waals surface area contributed by atoms with Gasteiger partial charge >= 0.3 is 5.97 Å². The van der Waals surface area contributed by atoms with Gasteiger partial charge in [-0.25, -0.2) is 0 Å². The van der Waals surface area contributed by atoms with E-state index in [2.05, 4.69) is 28.6 Å². The van der Waals surface area contributed by atoms with Gasteiger partial charge in [-0.15, -0.1) is 12.6 Å². The number of carbonyl (C=O) groups is 1. The SMILES string of the molecule is O=C(O)Cc1ccc(Br)cc1S. The molecule has 0 atom stereocenters. The highest BCUT2D eigenvalue weighted by Crippen LogP contribution is 2.19. The third-order valence-corrected chi connectivity index (χ3v) is 2.30. The summed E-state index contributed by atoms with van der Waals surface area (Å²) in [5.74, 6) is -0.840. The van der Waals surface area contributed by atoms with Gasteiger partial charge in [-0.3, -0.25) is 4.79 Å². The van der Waals surface area contributed by atoms with Gasteiger partial charge in [0.15, 0.2) is 0 Å². The number of hydrogen-bond acceptors (Lipinski definition) is 2. The third kappa shape index (κ3) is 2.53. The molecule has 64 valence electrons. The first kappa shape index (κ1) is 9.61. The molecule has 0 aromatic heterocycles. The van der Waals surface area contributed by atoms with Crippen LogP contribution in [0.25, 0.3) is 0 Å². The molecule has 12 heavy (non-hydrogen) atoms. The minimum absolute atomic E-state index is 0.0200. The van der Waals surface area contributed by atoms with Crippen molar-refractivity contribution in [3.8, 4) is 0 Å². The lowest BCUT2D eigenvalue weighted by Gasteiger charge is -2.01. The van der Waals surface area contributed by atoms with E-state index < -0.39 is 5.97 Å². The average molecular weight is 247 g/mol. The number of rotatable bonds is 2. The zero-order valence-electron chi connectivity index (χ0n) is 6.12. The predicted octanol–water partition coefficient (Wildman–Crippen LogP) is 2.36. The van der Waals surface area contributed by atoms with Crippen LogP contribution in [-0.4, -0.2) is 11.1 Å². The lowest BCUT2D eigenvalue weighted by Crippen LogP contribution is -2.00. The molecule has 4 heteroatoms. The molecule has 0 saturated carbocycles. The van der Waals surface area contributed by atoms with Crippen LogP contribution in [0.15, 0.2) is 27.6 Å². The summed E-state index contributed by atoms with van der Waals surface area (Å²) < 4.78 is 0.904. The minimum Gasteiger partial charge on any atom is -0.481 e. The second-order valence-corrected chi connectivity index (χ2v) is 3.74. The zero-order valence-corrected chi connectivity index (χ0v) is 8.60. The van der Waals surface area contributed by atoms with Gasteiger partial charge in [0.1, 0.15) is 0 Å². The Balaban J connectivity index is 2.93. The molecule has 0 radical (unpaired) electrons. The van der Waals surface area contributed by atoms with Crippen molar-refractivity contribution < 1.29 is 9.90 Å². The van der Waals surface area contributed by atoms with E-state index in [1.54, 1.807) is 18.2 Å². The molecule has 0 aliphatic carbocycles. The van der Waals surface area contributed by atoms with Crippen LogP contribution in [0.1, 0.15) is 5.56 Å². The van der Waals surface area contributed by atoms with Crippen molar-refractivity contribution in [1.82, 2.24) is 0 Å². The fourth-order valence-electron chi connectivity index (χ4n) is 0.849. The first-order chi connectivity index (χ1) is 5.59. The van der Waals surface area contributed by atoms with Crippen molar-refractivity contribution in [2.45, 2.75) is 11.3 Å². The molecule has 0 aliphatic rings. The van der Waals surface area contributed by atoms with Crippen molar-refractivity contribution in [3.63, 3.8) is 0 Å². The molecule has 0 fully saturated rings. The second-order valence-electron chi connectivity index (χ2n) is 2.34. The van der Waals surface area contributed by atoms with E-state index in [-0.39, 0.29) is 6.42 Å². The average Bonchev–Trinajstić information content (AvgIpc) is 1.94. The Labute approximate surface area is 84.1 Å². The molecular formula is C8H7BrO2S. The van der Waals surface area contributed by atoms with Gasteiger partial charge in [0, 0.05) is 9.37 Å². The molecule has 0 unspecified atom stereocenters. The van der Waals surface area contributed by atoms with Gasteiger partial charge in [-0.05, 0) is 17.7 Å². The molecule has 0 heterocycles. The number of benzene rings is 1. The van der Waals surface area contributed by atoms with Crippen molar-refractivity contribution in [2.75, 3.05) is 0 Å². The van der Waals surface area contributed by atoms with E-state index in [0.29, 0.717) is 4.90 Å². The van der Waals surface area contributed by atoms with Gasteiger partial charge < -0.3 is 5.11 Å². The predicted molar refractivity (Wildman–Crippen MR) is 52.7 cm³/mol. The topological polar surface area (TPSA) is 37.3 Å². The van der Waals surface area contributed by atoms with Crippen molar-refractivity contribution in [3.05, 3.63) is 28.2 Å². The molecule has 1 aromatic rings. The second kappa shape index (κ2) is 3.96. The summed E-state index contributed by atoms with van der Waals surface area (Å²) in [6.07, 6.45) is 0.0200. The molecule has 0 saturated heterocycles. The quantitative estimate of drug-likeness (QED) is 0.787. The maximum Gasteiger partial charge on any atom is 0.307 e. The van der Waals surface area contributed by atoms with Crippen LogP contribution in [0.3, 0.4) is 0 Å². The molecule has 0 spiro atoms. The number of thiol groups is 1. The number of carboxylic acids is 1. The van der Waals surface area contributed by atoms with Crippen LogP contribution in [0, 0.1) is 0 Å². The highest BCUT2D eigenvalue weighted by molar-refractivity contribution is 9.10. The lowest BCUT2D eigenvalue weighted by molar-refractivity contribution is -0.136. The minimum atomic E-state index is -0.840. The van der Waals surface area contributed by atoms with E-state index in [0.717, 1.165) is 10.0 Å². The first-order valence-corrected chi connectivity index (χ1v) is 4.53. The van der Waals surface area contributed by atoms with Crippen molar-refractivity contribution in [1.29, 1.82) is 0 Å². The molecule has 2 nitrogen and oxygen atoms in total. The summed E-state index contributed by atoms with van der Waals surface area (Å²) in [5.41, 5.74) is 0.731. The third-order valence-electron chi connectivity index (χ3n) is 1.39. The van der Waals surface area contributed by atoms with Crippen molar-refractivity contribution in [2.24, 2.45) is 0 Å². The normalized spacial score (nSPS) is 9.83. The summed E-state index contributed by atoms with van der Waals surface area (Å²) in [4.78, 5) is 11.1. The number of carboxylic acid groups (broad SMARTS) is 1. The Bertz CT molecular complexity index is 312. The van der Waals surface area contributed by atoms with Gasteiger partial charge in [-0.1, -0.05) is 22.0 Å². The molecule has 1 N–H and O–H groups in total. The standard InChI is InChI=1S/C8H7BrO2S/c9-6-2-1-5(3-8(10)11)7(12)4-6/h1-2,4,12H,3H2,(H,10,11). The van der Waals surface area contributed by atoms with Crippen LogP contribution in [-0.2, 0) is 11.2 Å². The molecular weight excluding hydrogens is 240 g/mol. The molecule has 1 aromatic carbocycles. The Morgan fingerprint density at radius 2 is 2.25 bits per heavy atom. The van der Waals surface area contributed by atoms with Crippen molar-refractivity contribution >= 4 is 34.5 Å². The Morgan fingerprint density at radius 1 is 1.58 bits per heavy atom. The van der Waals surface area contributed by atoms with Gasteiger partial charge in [-0.2, -0.15) is 0 Å². The molecule has 0 amide bonds. The summed E-state index contributed by atoms with van der Waals surface area (Å²) in [7, 11) is 0. The van der Waals surface area contributed by atoms with Crippen LogP contribution >= 0.6 is 28.6 Å². The van der Waals surface area contributed by atoms with Gasteiger partial charge in [0.05, 0.1) is 6.42 Å².